The van der Waals surface area contributed by atoms with Crippen molar-refractivity contribution in [2.24, 2.45) is 5.73 Å². The lowest BCUT2D eigenvalue weighted by atomic mass is 10.00. The van der Waals surface area contributed by atoms with Crippen LogP contribution in [0, 0.1) is 5.82 Å². The van der Waals surface area contributed by atoms with E-state index >= 15 is 0 Å². The average molecular weight is 482 g/mol. The zero-order valence-electron chi connectivity index (χ0n) is 16.6. The molecule has 0 aliphatic carbocycles. The summed E-state index contributed by atoms with van der Waals surface area (Å²) in [4.78, 5) is 16.2. The zero-order valence-corrected chi connectivity index (χ0v) is 19.1. The van der Waals surface area contributed by atoms with E-state index in [2.05, 4.69) is 15.0 Å². The quantitative estimate of drug-likeness (QED) is 0.447. The number of halogens is 1. The number of amides is 1. The predicted octanol–water partition coefficient (Wildman–Crippen LogP) is 2.80. The number of nitrogens with zero attached hydrogens (tertiary/aromatic N) is 2. The van der Waals surface area contributed by atoms with Gasteiger partial charge in [-0.25, -0.2) is 18.4 Å². The largest absolute Gasteiger partial charge is 0.375 e. The molecule has 164 valence electrons. The summed E-state index contributed by atoms with van der Waals surface area (Å²) >= 11 is 6.41. The molecule has 0 bridgehead atoms. The highest BCUT2D eigenvalue weighted by Gasteiger charge is 2.25. The molecule has 1 amide bonds. The van der Waals surface area contributed by atoms with Crippen molar-refractivity contribution in [2.75, 3.05) is 18.9 Å². The van der Waals surface area contributed by atoms with Crippen LogP contribution in [0.5, 0.6) is 0 Å². The lowest BCUT2D eigenvalue weighted by molar-refractivity contribution is 0.102. The molecule has 12 heteroatoms. The minimum Gasteiger partial charge on any atom is -0.375 e. The van der Waals surface area contributed by atoms with Crippen molar-refractivity contribution >= 4 is 60.6 Å². The van der Waals surface area contributed by atoms with Gasteiger partial charge in [0.2, 0.25) is 0 Å². The lowest BCUT2D eigenvalue weighted by Gasteiger charge is -2.25. The van der Waals surface area contributed by atoms with Crippen molar-refractivity contribution in [2.45, 2.75) is 12.8 Å². The van der Waals surface area contributed by atoms with Crippen LogP contribution in [-0.4, -0.2) is 42.3 Å². The van der Waals surface area contributed by atoms with Crippen LogP contribution >= 0.6 is 23.6 Å². The first-order chi connectivity index (χ1) is 14.6. The lowest BCUT2D eigenvalue weighted by Crippen LogP contribution is -2.47. The zero-order chi connectivity index (χ0) is 22.8. The summed E-state index contributed by atoms with van der Waals surface area (Å²) < 4.78 is 41.6. The molecule has 0 aliphatic rings. The van der Waals surface area contributed by atoms with Gasteiger partial charge in [0.25, 0.3) is 5.91 Å². The normalized spacial score (nSPS) is 12.5. The minimum absolute atomic E-state index is 0.0560. The highest BCUT2D eigenvalue weighted by Crippen LogP contribution is 2.34. The third-order valence-electron chi connectivity index (χ3n) is 4.59. The second-order valence-electron chi connectivity index (χ2n) is 6.70. The number of hydrogen-bond donors (Lipinski definition) is 3. The molecule has 2 heterocycles. The van der Waals surface area contributed by atoms with Gasteiger partial charge in [0.05, 0.1) is 6.20 Å². The number of carbonyl (C=O) groups excluding carboxylic acids is 1. The number of thiocarbonyl (C=S) groups is 1. The van der Waals surface area contributed by atoms with E-state index in [1.807, 2.05) is 18.4 Å². The highest BCUT2D eigenvalue weighted by molar-refractivity contribution is 7.89. The van der Waals surface area contributed by atoms with Gasteiger partial charge < -0.3 is 11.1 Å². The predicted molar refractivity (Wildman–Crippen MR) is 124 cm³/mol. The Bertz CT molecular complexity index is 1230. The number of rotatable bonds is 7. The molecule has 0 spiro atoms. The van der Waals surface area contributed by atoms with Gasteiger partial charge in [-0.2, -0.15) is 8.42 Å². The molecule has 0 saturated carbocycles. The van der Waals surface area contributed by atoms with Crippen molar-refractivity contribution in [1.29, 1.82) is 0 Å². The second kappa shape index (κ2) is 9.22. The van der Waals surface area contributed by atoms with Gasteiger partial charge in [0, 0.05) is 29.9 Å². The number of fused-ring (bicyclic) bond motifs is 1. The Hall–Kier alpha value is -2.67. The van der Waals surface area contributed by atoms with Gasteiger partial charge in [-0.1, -0.05) is 6.92 Å². The minimum atomic E-state index is -3.83. The molecule has 0 unspecified atom stereocenters. The molecule has 4 N–H and O–H groups in total. The molecule has 0 fully saturated rings. The maximum absolute atomic E-state index is 13.0. The van der Waals surface area contributed by atoms with E-state index in [9.17, 15) is 17.6 Å². The monoisotopic (exact) mass is 481 g/mol. The van der Waals surface area contributed by atoms with Gasteiger partial charge >= 0.3 is 10.2 Å². The maximum atomic E-state index is 13.0. The van der Waals surface area contributed by atoms with Gasteiger partial charge in [-0.05, 0) is 58.9 Å². The van der Waals surface area contributed by atoms with E-state index in [-0.39, 0.29) is 23.3 Å². The highest BCUT2D eigenvalue weighted by atomic mass is 32.2. The van der Waals surface area contributed by atoms with Crippen LogP contribution in [0.25, 0.3) is 10.1 Å². The first-order valence-electron chi connectivity index (χ1n) is 9.07. The molecule has 0 aliphatic heterocycles. The number of aromatic nitrogens is 1. The number of carbonyl (C=O) groups is 1. The smallest absolute Gasteiger partial charge is 0.303 e. The molecule has 3 rings (SSSR count). The van der Waals surface area contributed by atoms with Crippen LogP contribution in [0.1, 0.15) is 28.9 Å². The van der Waals surface area contributed by atoms with Crippen LogP contribution in [0.3, 0.4) is 0 Å². The van der Waals surface area contributed by atoms with Crippen LogP contribution in [-0.2, 0) is 10.2 Å². The van der Waals surface area contributed by atoms with Crippen molar-refractivity contribution < 1.29 is 17.6 Å². The number of benzene rings is 1. The first-order valence-corrected chi connectivity index (χ1v) is 11.8. The summed E-state index contributed by atoms with van der Waals surface area (Å²) in [5, 5.41) is 5.30. The Morgan fingerprint density at radius 1 is 1.35 bits per heavy atom. The van der Waals surface area contributed by atoms with Crippen molar-refractivity contribution in [3.8, 4) is 0 Å². The molecule has 0 radical (unpaired) electrons. The molecule has 31 heavy (non-hydrogen) atoms. The number of anilines is 1. The standard InChI is InChI=1S/C19H20FN5O3S3/c1-11(9-25(19(21)29)31(27,28)22-2)15-10-30-17-6-4-13(7-14(15)17)24-18(26)16-5-3-12(20)8-23-16/h3-8,10-11,22H,9H2,1-2H3,(H2,21,29)(H,24,26)/t11-/m0/s1. The second-order valence-corrected chi connectivity index (χ2v) is 9.83. The molecular weight excluding hydrogens is 461 g/mol. The van der Waals surface area contributed by atoms with Crippen LogP contribution in [0.4, 0.5) is 10.1 Å². The van der Waals surface area contributed by atoms with Crippen LogP contribution in [0.2, 0.25) is 0 Å². The molecule has 3 aromatic rings. The molecule has 0 saturated heterocycles. The summed E-state index contributed by atoms with van der Waals surface area (Å²) in [5.74, 6) is -1.23. The molecular formula is C19H20FN5O3S3. The fourth-order valence-electron chi connectivity index (χ4n) is 2.98. The number of nitrogens with one attached hydrogen (secondary N) is 2. The third kappa shape index (κ3) is 5.15. The number of thiophene rings is 1. The Morgan fingerprint density at radius 2 is 2.10 bits per heavy atom. The number of nitrogens with two attached hydrogens (primary N) is 1. The number of pyridine rings is 1. The van der Waals surface area contributed by atoms with E-state index in [4.69, 9.17) is 18.0 Å². The fraction of sp³-hybridized carbons (Fsp3) is 0.211. The van der Waals surface area contributed by atoms with Crippen molar-refractivity contribution in [1.82, 2.24) is 14.0 Å². The SMILES string of the molecule is CNS(=O)(=O)N(C[C@H](C)c1csc2ccc(NC(=O)c3ccc(F)cn3)cc12)C(N)=S. The third-order valence-corrected chi connectivity index (χ3v) is 7.35. The Morgan fingerprint density at radius 3 is 2.71 bits per heavy atom. The Balaban J connectivity index is 1.86. The number of hydrogen-bond acceptors (Lipinski definition) is 6. The topological polar surface area (TPSA) is 117 Å². The molecule has 2 aromatic heterocycles. The summed E-state index contributed by atoms with van der Waals surface area (Å²) in [6.45, 7) is 1.92. The van der Waals surface area contributed by atoms with Gasteiger partial charge in [-0.3, -0.25) is 4.79 Å². The summed E-state index contributed by atoms with van der Waals surface area (Å²) in [6, 6.07) is 7.88. The van der Waals surface area contributed by atoms with Gasteiger partial charge in [-0.15, -0.1) is 11.3 Å². The Kier molecular flexibility index (Phi) is 6.84. The molecule has 1 aromatic carbocycles. The van der Waals surface area contributed by atoms with E-state index in [0.717, 1.165) is 32.2 Å². The first kappa shape index (κ1) is 23.0. The summed E-state index contributed by atoms with van der Waals surface area (Å²) in [7, 11) is -2.54. The summed E-state index contributed by atoms with van der Waals surface area (Å²) in [5.41, 5.74) is 7.13. The van der Waals surface area contributed by atoms with Crippen LogP contribution in [0.15, 0.2) is 41.9 Å². The maximum Gasteiger partial charge on any atom is 0.303 e. The van der Waals surface area contributed by atoms with Crippen molar-refractivity contribution in [3.05, 3.63) is 59.0 Å². The molecule has 1 atom stereocenters. The fourth-order valence-corrected chi connectivity index (χ4v) is 5.29. The van der Waals surface area contributed by atoms with Gasteiger partial charge in [0.1, 0.15) is 11.5 Å². The van der Waals surface area contributed by atoms with Crippen LogP contribution < -0.4 is 15.8 Å². The van der Waals surface area contributed by atoms with E-state index < -0.39 is 21.9 Å². The summed E-state index contributed by atoms with van der Waals surface area (Å²) in [6.07, 6.45) is 0.976. The average Bonchev–Trinajstić information content (AvgIpc) is 3.15. The van der Waals surface area contributed by atoms with Gasteiger partial charge in [0.15, 0.2) is 5.11 Å². The van der Waals surface area contributed by atoms with E-state index in [1.54, 1.807) is 12.1 Å². The van der Waals surface area contributed by atoms with E-state index in [0.29, 0.717) is 5.69 Å². The van der Waals surface area contributed by atoms with Crippen molar-refractivity contribution in [3.63, 3.8) is 0 Å². The Labute approximate surface area is 188 Å². The molecule has 8 nitrogen and oxygen atoms in total. The van der Waals surface area contributed by atoms with E-state index in [1.165, 1.54) is 24.5 Å².